The number of hydrogen-bond donors (Lipinski definition) is 1. The molecule has 0 rings (SSSR count). The van der Waals surface area contributed by atoms with Crippen LogP contribution >= 0.6 is 0 Å². The Labute approximate surface area is 110 Å². The van der Waals surface area contributed by atoms with Gasteiger partial charge in [-0.25, -0.2) is 4.79 Å². The summed E-state index contributed by atoms with van der Waals surface area (Å²) < 4.78 is 42.0. The largest absolute Gasteiger partial charge is 0.452 e. The zero-order valence-electron chi connectivity index (χ0n) is 11.7. The average molecular weight is 283 g/mol. The standard InChI is InChI=1S/C12H20F3NO3/c1-7(2)6-8(9(17)12(13,14)15)16-10(18)19-11(3,4)5/h7-8H,6H2,1-5H3,(H,16,18). The number of halogens is 3. The van der Waals surface area contributed by atoms with E-state index in [0.29, 0.717) is 0 Å². The number of carbonyl (C=O) groups excluding carboxylic acids is 2. The topological polar surface area (TPSA) is 55.4 Å². The molecular formula is C12H20F3NO3. The lowest BCUT2D eigenvalue weighted by atomic mass is 10.00. The van der Waals surface area contributed by atoms with Crippen molar-refractivity contribution in [1.82, 2.24) is 5.32 Å². The molecule has 0 bridgehead atoms. The summed E-state index contributed by atoms with van der Waals surface area (Å²) in [6, 6.07) is -1.62. The maximum atomic E-state index is 12.4. The van der Waals surface area contributed by atoms with Gasteiger partial charge in [0.15, 0.2) is 0 Å². The number of rotatable bonds is 4. The lowest BCUT2D eigenvalue weighted by Crippen LogP contribution is -2.48. The van der Waals surface area contributed by atoms with Crippen LogP contribution in [0.15, 0.2) is 0 Å². The van der Waals surface area contributed by atoms with Gasteiger partial charge in [0.25, 0.3) is 5.78 Å². The summed E-state index contributed by atoms with van der Waals surface area (Å²) in [6.07, 6.45) is -6.11. The maximum Gasteiger partial charge on any atom is 0.452 e. The van der Waals surface area contributed by atoms with Crippen molar-refractivity contribution < 1.29 is 27.5 Å². The Morgan fingerprint density at radius 3 is 1.95 bits per heavy atom. The van der Waals surface area contributed by atoms with Crippen molar-refractivity contribution in [3.05, 3.63) is 0 Å². The molecule has 0 aliphatic heterocycles. The Balaban J connectivity index is 4.79. The monoisotopic (exact) mass is 283 g/mol. The van der Waals surface area contributed by atoms with Crippen LogP contribution in [0.5, 0.6) is 0 Å². The highest BCUT2D eigenvalue weighted by Crippen LogP contribution is 2.21. The second kappa shape index (κ2) is 6.25. The minimum absolute atomic E-state index is 0.0996. The number of nitrogens with one attached hydrogen (secondary N) is 1. The first-order valence-electron chi connectivity index (χ1n) is 5.93. The lowest BCUT2D eigenvalue weighted by Gasteiger charge is -2.24. The molecule has 4 nitrogen and oxygen atoms in total. The van der Waals surface area contributed by atoms with Gasteiger partial charge in [-0.05, 0) is 33.1 Å². The van der Waals surface area contributed by atoms with Crippen molar-refractivity contribution in [3.63, 3.8) is 0 Å². The van der Waals surface area contributed by atoms with Crippen molar-refractivity contribution in [2.45, 2.75) is 58.9 Å². The van der Waals surface area contributed by atoms with Crippen molar-refractivity contribution in [3.8, 4) is 0 Å². The Bertz CT molecular complexity index is 332. The summed E-state index contributed by atoms with van der Waals surface area (Å²) >= 11 is 0. The summed E-state index contributed by atoms with van der Waals surface area (Å²) in [5.74, 6) is -2.14. The Morgan fingerprint density at radius 2 is 1.63 bits per heavy atom. The van der Waals surface area contributed by atoms with Gasteiger partial charge in [0.2, 0.25) is 0 Å². The molecule has 19 heavy (non-hydrogen) atoms. The molecule has 1 N–H and O–H groups in total. The van der Waals surface area contributed by atoms with E-state index in [4.69, 9.17) is 4.74 Å². The summed E-state index contributed by atoms with van der Waals surface area (Å²) in [5, 5.41) is 1.98. The zero-order valence-corrected chi connectivity index (χ0v) is 11.7. The highest BCUT2D eigenvalue weighted by atomic mass is 19.4. The van der Waals surface area contributed by atoms with Gasteiger partial charge in [0.1, 0.15) is 11.6 Å². The summed E-state index contributed by atoms with van der Waals surface area (Å²) in [6.45, 7) is 8.06. The molecule has 0 aromatic rings. The van der Waals surface area contributed by atoms with Crippen molar-refractivity contribution >= 4 is 11.9 Å². The minimum atomic E-state index is -4.98. The van der Waals surface area contributed by atoms with Crippen LogP contribution in [-0.4, -0.2) is 29.7 Å². The Morgan fingerprint density at radius 1 is 1.16 bits per heavy atom. The molecule has 0 fully saturated rings. The van der Waals surface area contributed by atoms with E-state index in [2.05, 4.69) is 0 Å². The van der Waals surface area contributed by atoms with E-state index in [9.17, 15) is 22.8 Å². The van der Waals surface area contributed by atoms with Gasteiger partial charge in [0, 0.05) is 0 Å². The van der Waals surface area contributed by atoms with Crippen LogP contribution in [0.3, 0.4) is 0 Å². The fraction of sp³-hybridized carbons (Fsp3) is 0.833. The van der Waals surface area contributed by atoms with E-state index < -0.39 is 29.7 Å². The van der Waals surface area contributed by atoms with Gasteiger partial charge in [-0.15, -0.1) is 0 Å². The van der Waals surface area contributed by atoms with E-state index >= 15 is 0 Å². The molecule has 1 amide bonds. The number of Topliss-reactive ketones (excluding diaryl/α,β-unsaturated/α-hetero) is 1. The number of alkyl halides is 3. The van der Waals surface area contributed by atoms with Crippen LogP contribution in [0.25, 0.3) is 0 Å². The number of carbonyl (C=O) groups is 2. The third-order valence-electron chi connectivity index (χ3n) is 1.99. The van der Waals surface area contributed by atoms with E-state index in [0.717, 1.165) is 0 Å². The molecule has 0 aromatic heterocycles. The predicted molar refractivity (Wildman–Crippen MR) is 63.7 cm³/mol. The number of ketones is 1. The number of alkyl carbamates (subject to hydrolysis) is 1. The highest BCUT2D eigenvalue weighted by molar-refractivity contribution is 5.91. The van der Waals surface area contributed by atoms with E-state index in [1.807, 2.05) is 5.32 Å². The normalized spacial score (nSPS) is 14.2. The van der Waals surface area contributed by atoms with Crippen LogP contribution < -0.4 is 5.32 Å². The maximum absolute atomic E-state index is 12.4. The lowest BCUT2D eigenvalue weighted by molar-refractivity contribution is -0.173. The first-order valence-corrected chi connectivity index (χ1v) is 5.93. The van der Waals surface area contributed by atoms with Crippen LogP contribution in [0.4, 0.5) is 18.0 Å². The van der Waals surface area contributed by atoms with Gasteiger partial charge in [-0.2, -0.15) is 13.2 Å². The first-order chi connectivity index (χ1) is 8.33. The molecule has 0 heterocycles. The minimum Gasteiger partial charge on any atom is -0.444 e. The number of amides is 1. The molecule has 0 aliphatic rings. The second-order valence-electron chi connectivity index (χ2n) is 5.69. The van der Waals surface area contributed by atoms with E-state index in [-0.39, 0.29) is 12.3 Å². The smallest absolute Gasteiger partial charge is 0.444 e. The van der Waals surface area contributed by atoms with Crippen molar-refractivity contribution in [2.75, 3.05) is 0 Å². The molecule has 0 aromatic carbocycles. The van der Waals surface area contributed by atoms with Crippen molar-refractivity contribution in [1.29, 1.82) is 0 Å². The van der Waals surface area contributed by atoms with Crippen LogP contribution in [0, 0.1) is 5.92 Å². The molecule has 0 saturated carbocycles. The first kappa shape index (κ1) is 17.7. The summed E-state index contributed by atoms with van der Waals surface area (Å²) in [7, 11) is 0. The molecule has 0 saturated heterocycles. The fourth-order valence-corrected chi connectivity index (χ4v) is 1.35. The SMILES string of the molecule is CC(C)CC(NC(=O)OC(C)(C)C)C(=O)C(F)(F)F. The molecule has 1 unspecified atom stereocenters. The van der Waals surface area contributed by atoms with Gasteiger partial charge < -0.3 is 10.1 Å². The fourth-order valence-electron chi connectivity index (χ4n) is 1.35. The summed E-state index contributed by atoms with van der Waals surface area (Å²) in [5.41, 5.74) is -0.840. The molecule has 112 valence electrons. The van der Waals surface area contributed by atoms with Gasteiger partial charge in [0.05, 0.1) is 0 Å². The highest BCUT2D eigenvalue weighted by Gasteiger charge is 2.44. The molecule has 0 aliphatic carbocycles. The molecular weight excluding hydrogens is 263 g/mol. The van der Waals surface area contributed by atoms with Crippen molar-refractivity contribution in [2.24, 2.45) is 5.92 Å². The van der Waals surface area contributed by atoms with Gasteiger partial charge in [-0.3, -0.25) is 4.79 Å². The summed E-state index contributed by atoms with van der Waals surface area (Å²) in [4.78, 5) is 22.6. The molecule has 1 atom stereocenters. The predicted octanol–water partition coefficient (Wildman–Crippen LogP) is 3.06. The van der Waals surface area contributed by atoms with Crippen LogP contribution in [-0.2, 0) is 9.53 Å². The molecule has 0 spiro atoms. The van der Waals surface area contributed by atoms with E-state index in [1.54, 1.807) is 34.6 Å². The van der Waals surface area contributed by atoms with Gasteiger partial charge in [-0.1, -0.05) is 13.8 Å². The third-order valence-corrected chi connectivity index (χ3v) is 1.99. The van der Waals surface area contributed by atoms with Gasteiger partial charge >= 0.3 is 12.3 Å². The molecule has 7 heteroatoms. The third kappa shape index (κ3) is 7.69. The Hall–Kier alpha value is -1.27. The number of hydrogen-bond acceptors (Lipinski definition) is 3. The Kier molecular flexibility index (Phi) is 5.83. The zero-order chi connectivity index (χ0) is 15.4. The number of ether oxygens (including phenoxy) is 1. The molecule has 0 radical (unpaired) electrons. The van der Waals surface area contributed by atoms with Crippen LogP contribution in [0.1, 0.15) is 41.0 Å². The second-order valence-corrected chi connectivity index (χ2v) is 5.69. The average Bonchev–Trinajstić information content (AvgIpc) is 2.09. The van der Waals surface area contributed by atoms with E-state index in [1.165, 1.54) is 0 Å². The quantitative estimate of drug-likeness (QED) is 0.862. The van der Waals surface area contributed by atoms with Crippen LogP contribution in [0.2, 0.25) is 0 Å².